The molecule has 0 aromatic rings. The first-order valence-corrected chi connectivity index (χ1v) is 9.77. The van der Waals surface area contributed by atoms with Gasteiger partial charge >= 0.3 is 0 Å². The number of nitrogens with zero attached hydrogens (tertiary/aromatic N) is 1. The van der Waals surface area contributed by atoms with Crippen LogP contribution in [0.25, 0.3) is 0 Å². The van der Waals surface area contributed by atoms with E-state index in [0.717, 1.165) is 43.9 Å². The van der Waals surface area contributed by atoms with Gasteiger partial charge in [-0.3, -0.25) is 0 Å². The van der Waals surface area contributed by atoms with Gasteiger partial charge in [0, 0.05) is 24.9 Å². The Bertz CT molecular complexity index is 361. The van der Waals surface area contributed by atoms with E-state index in [9.17, 15) is 8.42 Å². The van der Waals surface area contributed by atoms with Crippen molar-refractivity contribution < 1.29 is 8.42 Å². The molecule has 19 heavy (non-hydrogen) atoms. The minimum atomic E-state index is -3.26. The summed E-state index contributed by atoms with van der Waals surface area (Å²) in [6.45, 7) is 5.41. The Hall–Kier alpha value is 0.180. The van der Waals surface area contributed by atoms with Crippen LogP contribution in [0.4, 0.5) is 0 Å². The number of hydrogen-bond donors (Lipinski definition) is 2. The summed E-state index contributed by atoms with van der Waals surface area (Å²) in [4.78, 5) is 0. The van der Waals surface area contributed by atoms with Gasteiger partial charge in [0.15, 0.2) is 0 Å². The maximum atomic E-state index is 12.3. The van der Waals surface area contributed by atoms with E-state index in [-0.39, 0.29) is 6.04 Å². The van der Waals surface area contributed by atoms with E-state index in [2.05, 4.69) is 17.0 Å². The lowest BCUT2D eigenvalue weighted by Crippen LogP contribution is -2.49. The second-order valence-corrected chi connectivity index (χ2v) is 8.19. The summed E-state index contributed by atoms with van der Waals surface area (Å²) in [5, 5.41) is 3.34. The van der Waals surface area contributed by atoms with E-state index >= 15 is 0 Å². The van der Waals surface area contributed by atoms with Crippen molar-refractivity contribution in [1.29, 1.82) is 0 Å². The molecule has 0 saturated carbocycles. The molecule has 1 atom stereocenters. The summed E-state index contributed by atoms with van der Waals surface area (Å²) >= 11 is 1.83. The van der Waals surface area contributed by atoms with E-state index in [1.165, 1.54) is 0 Å². The van der Waals surface area contributed by atoms with E-state index in [4.69, 9.17) is 0 Å². The Kier molecular flexibility index (Phi) is 5.95. The fourth-order valence-corrected chi connectivity index (χ4v) is 5.34. The highest BCUT2D eigenvalue weighted by Crippen LogP contribution is 2.21. The van der Waals surface area contributed by atoms with Crippen molar-refractivity contribution in [2.45, 2.75) is 32.2 Å². The molecule has 0 spiro atoms. The van der Waals surface area contributed by atoms with Crippen LogP contribution in [-0.4, -0.2) is 56.4 Å². The number of hydrogen-bond acceptors (Lipinski definition) is 4. The molecule has 1 unspecified atom stereocenters. The standard InChI is InChI=1S/C12H25N3O2S2/c1-2-13-9-11-3-6-15(7-4-11)19(16,17)14-12-5-8-18-10-12/h11-14H,2-10H2,1H3. The fourth-order valence-electron chi connectivity index (χ4n) is 2.61. The number of nitrogens with one attached hydrogen (secondary N) is 2. The molecule has 112 valence electrons. The van der Waals surface area contributed by atoms with Crippen LogP contribution in [0.5, 0.6) is 0 Å². The summed E-state index contributed by atoms with van der Waals surface area (Å²) in [7, 11) is -3.26. The Labute approximate surface area is 121 Å². The van der Waals surface area contributed by atoms with Crippen molar-refractivity contribution in [2.24, 2.45) is 5.92 Å². The predicted octanol–water partition coefficient (Wildman–Crippen LogP) is 0.648. The molecule has 0 amide bonds. The lowest BCUT2D eigenvalue weighted by Gasteiger charge is -2.32. The zero-order chi connectivity index (χ0) is 13.7. The molecule has 2 saturated heterocycles. The van der Waals surface area contributed by atoms with Crippen molar-refractivity contribution in [3.63, 3.8) is 0 Å². The predicted molar refractivity (Wildman–Crippen MR) is 80.6 cm³/mol. The van der Waals surface area contributed by atoms with Gasteiger partial charge in [0.05, 0.1) is 0 Å². The SMILES string of the molecule is CCNCC1CCN(S(=O)(=O)NC2CCSC2)CC1. The summed E-state index contributed by atoms with van der Waals surface area (Å²) in [6, 6.07) is 0.134. The molecule has 0 radical (unpaired) electrons. The molecule has 2 aliphatic rings. The van der Waals surface area contributed by atoms with E-state index in [1.807, 2.05) is 11.8 Å². The Morgan fingerprint density at radius 1 is 1.26 bits per heavy atom. The first kappa shape index (κ1) is 15.6. The molecule has 0 aromatic heterocycles. The first-order chi connectivity index (χ1) is 9.12. The molecule has 2 N–H and O–H groups in total. The zero-order valence-corrected chi connectivity index (χ0v) is 13.2. The van der Waals surface area contributed by atoms with Gasteiger partial charge < -0.3 is 5.32 Å². The minimum absolute atomic E-state index is 0.134. The van der Waals surface area contributed by atoms with Crippen molar-refractivity contribution in [2.75, 3.05) is 37.7 Å². The van der Waals surface area contributed by atoms with Gasteiger partial charge in [0.2, 0.25) is 0 Å². The van der Waals surface area contributed by atoms with Crippen molar-refractivity contribution in [3.8, 4) is 0 Å². The summed E-state index contributed by atoms with van der Waals surface area (Å²) < 4.78 is 29.0. The van der Waals surface area contributed by atoms with Gasteiger partial charge in [-0.1, -0.05) is 6.92 Å². The van der Waals surface area contributed by atoms with Crippen LogP contribution >= 0.6 is 11.8 Å². The van der Waals surface area contributed by atoms with Crippen molar-refractivity contribution >= 4 is 22.0 Å². The minimum Gasteiger partial charge on any atom is -0.317 e. The van der Waals surface area contributed by atoms with Crippen LogP contribution < -0.4 is 10.0 Å². The van der Waals surface area contributed by atoms with Crippen LogP contribution in [0.15, 0.2) is 0 Å². The highest BCUT2D eigenvalue weighted by Gasteiger charge is 2.30. The maximum Gasteiger partial charge on any atom is 0.279 e. The molecule has 5 nitrogen and oxygen atoms in total. The van der Waals surface area contributed by atoms with Gasteiger partial charge in [-0.25, -0.2) is 0 Å². The largest absolute Gasteiger partial charge is 0.317 e. The lowest BCUT2D eigenvalue weighted by molar-refractivity contribution is 0.265. The third-order valence-electron chi connectivity index (χ3n) is 3.84. The average molecular weight is 307 g/mol. The van der Waals surface area contributed by atoms with Gasteiger partial charge in [0.25, 0.3) is 10.2 Å². The Balaban J connectivity index is 1.79. The second-order valence-electron chi connectivity index (χ2n) is 5.33. The highest BCUT2D eigenvalue weighted by atomic mass is 32.2. The lowest BCUT2D eigenvalue weighted by atomic mass is 9.98. The molecule has 0 bridgehead atoms. The monoisotopic (exact) mass is 307 g/mol. The summed E-state index contributed by atoms with van der Waals surface area (Å²) in [6.07, 6.45) is 2.89. The van der Waals surface area contributed by atoms with Gasteiger partial charge in [-0.2, -0.15) is 29.2 Å². The summed E-state index contributed by atoms with van der Waals surface area (Å²) in [5.74, 6) is 2.60. The van der Waals surface area contributed by atoms with Crippen LogP contribution in [-0.2, 0) is 10.2 Å². The molecule has 0 aromatic carbocycles. The summed E-state index contributed by atoms with van der Waals surface area (Å²) in [5.41, 5.74) is 0. The molecular weight excluding hydrogens is 282 g/mol. The smallest absolute Gasteiger partial charge is 0.279 e. The third kappa shape index (κ3) is 4.60. The molecule has 2 aliphatic heterocycles. The van der Waals surface area contributed by atoms with Gasteiger partial charge in [-0.15, -0.1) is 0 Å². The van der Waals surface area contributed by atoms with Crippen molar-refractivity contribution in [1.82, 2.24) is 14.3 Å². The molecule has 0 aliphatic carbocycles. The first-order valence-electron chi connectivity index (χ1n) is 7.17. The topological polar surface area (TPSA) is 61.4 Å². The Morgan fingerprint density at radius 2 is 2.00 bits per heavy atom. The average Bonchev–Trinajstić information content (AvgIpc) is 2.89. The van der Waals surface area contributed by atoms with Gasteiger partial charge in [0.1, 0.15) is 0 Å². The zero-order valence-electron chi connectivity index (χ0n) is 11.6. The number of rotatable bonds is 6. The third-order valence-corrected chi connectivity index (χ3v) is 6.68. The van der Waals surface area contributed by atoms with Crippen LogP contribution in [0.1, 0.15) is 26.2 Å². The van der Waals surface area contributed by atoms with Crippen LogP contribution in [0.3, 0.4) is 0 Å². The fraction of sp³-hybridized carbons (Fsp3) is 1.00. The second kappa shape index (κ2) is 7.26. The Morgan fingerprint density at radius 3 is 2.58 bits per heavy atom. The number of thioether (sulfide) groups is 1. The molecule has 2 fully saturated rings. The van der Waals surface area contributed by atoms with E-state index in [1.54, 1.807) is 4.31 Å². The quantitative estimate of drug-likeness (QED) is 0.756. The van der Waals surface area contributed by atoms with Crippen LogP contribution in [0, 0.1) is 5.92 Å². The number of piperidine rings is 1. The van der Waals surface area contributed by atoms with Crippen LogP contribution in [0.2, 0.25) is 0 Å². The highest BCUT2D eigenvalue weighted by molar-refractivity contribution is 7.99. The molecular formula is C12H25N3O2S2. The van der Waals surface area contributed by atoms with E-state index < -0.39 is 10.2 Å². The molecule has 2 heterocycles. The normalized spacial score (nSPS) is 26.9. The molecule has 2 rings (SSSR count). The molecule has 7 heteroatoms. The maximum absolute atomic E-state index is 12.3. The van der Waals surface area contributed by atoms with Gasteiger partial charge in [-0.05, 0) is 44.0 Å². The van der Waals surface area contributed by atoms with E-state index in [0.29, 0.717) is 19.0 Å². The van der Waals surface area contributed by atoms with Crippen molar-refractivity contribution in [3.05, 3.63) is 0 Å².